The van der Waals surface area contributed by atoms with Crippen LogP contribution in [-0.4, -0.2) is 37.7 Å². The molecule has 2 atom stereocenters. The summed E-state index contributed by atoms with van der Waals surface area (Å²) in [6.45, 7) is 7.06. The summed E-state index contributed by atoms with van der Waals surface area (Å²) in [5, 5.41) is 10.4. The Labute approximate surface area is 98.1 Å². The molecule has 0 saturated carbocycles. The zero-order chi connectivity index (χ0) is 12.9. The minimum Gasteiger partial charge on any atom is -0.480 e. The predicted octanol–water partition coefficient (Wildman–Crippen LogP) is 0.513. The smallest absolute Gasteiger partial charge is 0.319 e. The SMILES string of the molecule is CCC(C(=O)O)S(=O)CC(=O)NC(C)(C)C. The zero-order valence-corrected chi connectivity index (χ0v) is 10.9. The van der Waals surface area contributed by atoms with Gasteiger partial charge in [-0.1, -0.05) is 6.92 Å². The lowest BCUT2D eigenvalue weighted by atomic mass is 10.1. The molecule has 0 saturated heterocycles. The molecule has 1 amide bonds. The van der Waals surface area contributed by atoms with Crippen LogP contribution in [0.4, 0.5) is 0 Å². The Balaban J connectivity index is 4.34. The van der Waals surface area contributed by atoms with E-state index in [0.717, 1.165) is 0 Å². The first-order valence-corrected chi connectivity index (χ1v) is 6.46. The molecule has 0 aliphatic heterocycles. The van der Waals surface area contributed by atoms with Crippen LogP contribution in [0.3, 0.4) is 0 Å². The number of carbonyl (C=O) groups is 2. The molecule has 0 bridgehead atoms. The van der Waals surface area contributed by atoms with Crippen LogP contribution in [0.25, 0.3) is 0 Å². The number of carboxylic acid groups (broad SMARTS) is 1. The van der Waals surface area contributed by atoms with Crippen molar-refractivity contribution in [1.82, 2.24) is 5.32 Å². The average molecular weight is 249 g/mol. The normalized spacial score (nSPS) is 15.2. The Bertz CT molecular complexity index is 296. The topological polar surface area (TPSA) is 83.5 Å². The Morgan fingerprint density at radius 3 is 2.19 bits per heavy atom. The number of nitrogens with one attached hydrogen (secondary N) is 1. The highest BCUT2D eigenvalue weighted by molar-refractivity contribution is 7.87. The molecule has 0 spiro atoms. The van der Waals surface area contributed by atoms with Crippen LogP contribution in [0.15, 0.2) is 0 Å². The van der Waals surface area contributed by atoms with Gasteiger partial charge in [0.15, 0.2) is 0 Å². The molecule has 0 aromatic heterocycles. The number of carboxylic acids is 1. The van der Waals surface area contributed by atoms with Gasteiger partial charge in [0.05, 0.1) is 0 Å². The number of aliphatic carboxylic acids is 1. The standard InChI is InChI=1S/C10H19NO4S/c1-5-7(9(13)14)16(15)6-8(12)11-10(2,3)4/h7H,5-6H2,1-4H3,(H,11,12)(H,13,14). The van der Waals surface area contributed by atoms with Crippen LogP contribution in [0.1, 0.15) is 34.1 Å². The van der Waals surface area contributed by atoms with E-state index in [9.17, 15) is 13.8 Å². The summed E-state index contributed by atoms with van der Waals surface area (Å²) in [6, 6.07) is 0. The molecular weight excluding hydrogens is 230 g/mol. The fraction of sp³-hybridized carbons (Fsp3) is 0.800. The van der Waals surface area contributed by atoms with Gasteiger partial charge in [0.2, 0.25) is 5.91 Å². The number of hydrogen-bond donors (Lipinski definition) is 2. The van der Waals surface area contributed by atoms with E-state index in [0.29, 0.717) is 0 Å². The first-order chi connectivity index (χ1) is 7.17. The quantitative estimate of drug-likeness (QED) is 0.743. The van der Waals surface area contributed by atoms with Crippen LogP contribution in [0.2, 0.25) is 0 Å². The van der Waals surface area contributed by atoms with Crippen molar-refractivity contribution in [3.8, 4) is 0 Å². The molecule has 0 aliphatic rings. The molecule has 0 radical (unpaired) electrons. The summed E-state index contributed by atoms with van der Waals surface area (Å²) < 4.78 is 11.6. The van der Waals surface area contributed by atoms with Gasteiger partial charge in [0.25, 0.3) is 0 Å². The van der Waals surface area contributed by atoms with Crippen molar-refractivity contribution in [2.75, 3.05) is 5.75 Å². The highest BCUT2D eigenvalue weighted by atomic mass is 32.2. The van der Waals surface area contributed by atoms with E-state index in [4.69, 9.17) is 5.11 Å². The third kappa shape index (κ3) is 5.85. The summed E-state index contributed by atoms with van der Waals surface area (Å²) in [4.78, 5) is 22.1. The average Bonchev–Trinajstić information content (AvgIpc) is 1.99. The number of hydrogen-bond acceptors (Lipinski definition) is 3. The third-order valence-corrected chi connectivity index (χ3v) is 3.47. The fourth-order valence-electron chi connectivity index (χ4n) is 1.16. The van der Waals surface area contributed by atoms with Crippen molar-refractivity contribution < 1.29 is 18.9 Å². The Morgan fingerprint density at radius 2 is 1.88 bits per heavy atom. The van der Waals surface area contributed by atoms with Gasteiger partial charge in [0, 0.05) is 16.3 Å². The number of amides is 1. The van der Waals surface area contributed by atoms with Gasteiger partial charge in [-0.3, -0.25) is 13.8 Å². The highest BCUT2D eigenvalue weighted by Crippen LogP contribution is 2.04. The van der Waals surface area contributed by atoms with Crippen molar-refractivity contribution in [2.45, 2.75) is 44.9 Å². The van der Waals surface area contributed by atoms with Crippen molar-refractivity contribution in [2.24, 2.45) is 0 Å². The van der Waals surface area contributed by atoms with Crippen LogP contribution in [0, 0.1) is 0 Å². The molecule has 0 aromatic rings. The van der Waals surface area contributed by atoms with Gasteiger partial charge in [0.1, 0.15) is 11.0 Å². The van der Waals surface area contributed by atoms with E-state index < -0.39 is 27.6 Å². The molecule has 0 aliphatic carbocycles. The monoisotopic (exact) mass is 249 g/mol. The third-order valence-electron chi connectivity index (χ3n) is 1.75. The maximum Gasteiger partial charge on any atom is 0.319 e. The summed E-state index contributed by atoms with van der Waals surface area (Å²) in [7, 11) is -1.66. The maximum atomic E-state index is 11.6. The molecule has 0 rings (SSSR count). The van der Waals surface area contributed by atoms with Gasteiger partial charge in [-0.2, -0.15) is 0 Å². The van der Waals surface area contributed by atoms with Crippen LogP contribution >= 0.6 is 0 Å². The lowest BCUT2D eigenvalue weighted by molar-refractivity contribution is -0.136. The van der Waals surface area contributed by atoms with Crippen molar-refractivity contribution in [1.29, 1.82) is 0 Å². The van der Waals surface area contributed by atoms with Gasteiger partial charge < -0.3 is 10.4 Å². The molecule has 0 aromatic carbocycles. The Hall–Kier alpha value is -0.910. The minimum absolute atomic E-state index is 0.255. The van der Waals surface area contributed by atoms with E-state index in [1.807, 2.05) is 20.8 Å². The molecule has 2 unspecified atom stereocenters. The first-order valence-electron chi connectivity index (χ1n) is 5.08. The highest BCUT2D eigenvalue weighted by Gasteiger charge is 2.25. The van der Waals surface area contributed by atoms with Crippen LogP contribution in [0.5, 0.6) is 0 Å². The van der Waals surface area contributed by atoms with Crippen molar-refractivity contribution in [3.63, 3.8) is 0 Å². The lowest BCUT2D eigenvalue weighted by Crippen LogP contribution is -2.44. The molecule has 94 valence electrons. The molecule has 2 N–H and O–H groups in total. The summed E-state index contributed by atoms with van der Waals surface area (Å²) in [6.07, 6.45) is 0.255. The second-order valence-electron chi connectivity index (χ2n) is 4.56. The van der Waals surface area contributed by atoms with E-state index in [1.54, 1.807) is 6.92 Å². The molecule has 5 nitrogen and oxygen atoms in total. The van der Waals surface area contributed by atoms with Crippen molar-refractivity contribution >= 4 is 22.7 Å². The maximum absolute atomic E-state index is 11.6. The molecule has 6 heteroatoms. The van der Waals surface area contributed by atoms with Gasteiger partial charge in [-0.25, -0.2) is 0 Å². The largest absolute Gasteiger partial charge is 0.480 e. The lowest BCUT2D eigenvalue weighted by Gasteiger charge is -2.20. The minimum atomic E-state index is -1.66. The fourth-order valence-corrected chi connectivity index (χ4v) is 2.29. The molecular formula is C10H19NO4S. The van der Waals surface area contributed by atoms with Crippen LogP contribution in [-0.2, 0) is 20.4 Å². The first kappa shape index (κ1) is 15.1. The van der Waals surface area contributed by atoms with E-state index in [-0.39, 0.29) is 18.1 Å². The Kier molecular flexibility index (Phi) is 5.64. The van der Waals surface area contributed by atoms with E-state index in [2.05, 4.69) is 5.32 Å². The molecule has 0 fully saturated rings. The second-order valence-corrected chi connectivity index (χ2v) is 6.18. The van der Waals surface area contributed by atoms with Crippen LogP contribution < -0.4 is 5.32 Å². The van der Waals surface area contributed by atoms with Gasteiger partial charge in [-0.15, -0.1) is 0 Å². The van der Waals surface area contributed by atoms with Crippen molar-refractivity contribution in [3.05, 3.63) is 0 Å². The van der Waals surface area contributed by atoms with E-state index in [1.165, 1.54) is 0 Å². The number of rotatable bonds is 5. The van der Waals surface area contributed by atoms with Gasteiger partial charge >= 0.3 is 5.97 Å². The predicted molar refractivity (Wildman–Crippen MR) is 62.6 cm³/mol. The van der Waals surface area contributed by atoms with Gasteiger partial charge in [-0.05, 0) is 27.2 Å². The Morgan fingerprint density at radius 1 is 1.38 bits per heavy atom. The summed E-state index contributed by atoms with van der Waals surface area (Å²) in [5.74, 6) is -1.77. The molecule has 0 heterocycles. The van der Waals surface area contributed by atoms with E-state index >= 15 is 0 Å². The summed E-state index contributed by atoms with van der Waals surface area (Å²) >= 11 is 0. The second kappa shape index (κ2) is 5.98. The summed E-state index contributed by atoms with van der Waals surface area (Å²) in [5.41, 5.74) is -0.397. The molecule has 16 heavy (non-hydrogen) atoms. The zero-order valence-electron chi connectivity index (χ0n) is 10.1. The number of carbonyl (C=O) groups excluding carboxylic acids is 1.